The Morgan fingerprint density at radius 3 is 2.26 bits per heavy atom. The quantitative estimate of drug-likeness (QED) is 0.386. The van der Waals surface area contributed by atoms with Gasteiger partial charge in [-0.2, -0.15) is 0 Å². The number of rotatable bonds is 5. The monoisotopic (exact) mass is 272 g/mol. The van der Waals surface area contributed by atoms with E-state index in [2.05, 4.69) is 0 Å². The van der Waals surface area contributed by atoms with Gasteiger partial charge in [0.25, 0.3) is 5.69 Å². The lowest BCUT2D eigenvalue weighted by molar-refractivity contribution is -0.384. The number of thioether (sulfide) groups is 1. The number of non-ortho nitro benzene ring substituents is 1. The first-order valence-electron chi connectivity index (χ1n) is 5.67. The molecule has 0 heterocycles. The van der Waals surface area contributed by atoms with Crippen LogP contribution in [0.2, 0.25) is 0 Å². The van der Waals surface area contributed by atoms with E-state index in [0.29, 0.717) is 0 Å². The van der Waals surface area contributed by atoms with E-state index in [4.69, 9.17) is 5.41 Å². The molecular formula is C14H12N2O2S. The summed E-state index contributed by atoms with van der Waals surface area (Å²) in [4.78, 5) is 11.1. The Kier molecular flexibility index (Phi) is 4.30. The molecule has 2 rings (SSSR count). The zero-order valence-corrected chi connectivity index (χ0v) is 10.8. The van der Waals surface area contributed by atoms with Crippen LogP contribution in [0.5, 0.6) is 0 Å². The molecule has 0 saturated heterocycles. The van der Waals surface area contributed by atoms with Gasteiger partial charge < -0.3 is 5.41 Å². The molecule has 0 aromatic heterocycles. The topological polar surface area (TPSA) is 67.0 Å². The van der Waals surface area contributed by atoms with Gasteiger partial charge in [0.15, 0.2) is 0 Å². The Bertz CT molecular complexity index is 570. The van der Waals surface area contributed by atoms with E-state index >= 15 is 0 Å². The molecule has 2 aromatic carbocycles. The highest BCUT2D eigenvalue weighted by atomic mass is 32.2. The van der Waals surface area contributed by atoms with Crippen LogP contribution in [-0.2, 0) is 0 Å². The number of hydrogen-bond donors (Lipinski definition) is 1. The van der Waals surface area contributed by atoms with Crippen molar-refractivity contribution in [3.63, 3.8) is 0 Å². The van der Waals surface area contributed by atoms with E-state index in [-0.39, 0.29) is 10.9 Å². The van der Waals surface area contributed by atoms with Crippen LogP contribution < -0.4 is 0 Å². The summed E-state index contributed by atoms with van der Waals surface area (Å²) < 4.78 is 0. The van der Waals surface area contributed by atoms with Gasteiger partial charge in [-0.05, 0) is 17.7 Å². The highest BCUT2D eigenvalue weighted by molar-refractivity contribution is 8.00. The van der Waals surface area contributed by atoms with Crippen LogP contribution >= 0.6 is 11.8 Å². The van der Waals surface area contributed by atoms with Crippen molar-refractivity contribution in [3.05, 3.63) is 70.3 Å². The zero-order chi connectivity index (χ0) is 13.7. The Labute approximate surface area is 115 Å². The van der Waals surface area contributed by atoms with Crippen molar-refractivity contribution in [1.82, 2.24) is 0 Å². The Hall–Kier alpha value is -2.14. The third-order valence-corrected chi connectivity index (χ3v) is 3.80. The molecule has 0 spiro atoms. The van der Waals surface area contributed by atoms with Crippen molar-refractivity contribution in [2.24, 2.45) is 0 Å². The summed E-state index contributed by atoms with van der Waals surface area (Å²) in [5.41, 5.74) is 1.12. The maximum atomic E-state index is 10.6. The average Bonchev–Trinajstić information content (AvgIpc) is 2.46. The lowest BCUT2D eigenvalue weighted by atomic mass is 10.2. The summed E-state index contributed by atoms with van der Waals surface area (Å²) in [6, 6.07) is 16.1. The lowest BCUT2D eigenvalue weighted by Gasteiger charge is -2.11. The van der Waals surface area contributed by atoms with Crippen molar-refractivity contribution in [2.75, 3.05) is 0 Å². The van der Waals surface area contributed by atoms with Crippen molar-refractivity contribution in [1.29, 1.82) is 5.41 Å². The molecule has 1 unspecified atom stereocenters. The molecule has 0 radical (unpaired) electrons. The van der Waals surface area contributed by atoms with Crippen molar-refractivity contribution < 1.29 is 4.92 Å². The number of nitrogens with one attached hydrogen (secondary N) is 1. The first kappa shape index (κ1) is 13.3. The maximum Gasteiger partial charge on any atom is 0.269 e. The summed E-state index contributed by atoms with van der Waals surface area (Å²) in [6.07, 6.45) is 1.38. The Morgan fingerprint density at radius 2 is 1.74 bits per heavy atom. The normalized spacial score (nSPS) is 11.8. The second kappa shape index (κ2) is 6.15. The van der Waals surface area contributed by atoms with Crippen LogP contribution in [0.4, 0.5) is 5.69 Å². The summed E-state index contributed by atoms with van der Waals surface area (Å²) in [5, 5.41) is 18.0. The van der Waals surface area contributed by atoms with E-state index in [1.165, 1.54) is 30.1 Å². The van der Waals surface area contributed by atoms with E-state index in [1.54, 1.807) is 12.1 Å². The highest BCUT2D eigenvalue weighted by Gasteiger charge is 2.11. The molecule has 0 aliphatic carbocycles. The van der Waals surface area contributed by atoms with E-state index in [0.717, 1.165) is 10.5 Å². The largest absolute Gasteiger partial charge is 0.312 e. The van der Waals surface area contributed by atoms with Gasteiger partial charge in [0.1, 0.15) is 0 Å². The molecule has 0 amide bonds. The van der Waals surface area contributed by atoms with Crippen molar-refractivity contribution >= 4 is 23.7 Å². The van der Waals surface area contributed by atoms with Crippen LogP contribution in [-0.4, -0.2) is 11.1 Å². The smallest absolute Gasteiger partial charge is 0.269 e. The first-order chi connectivity index (χ1) is 9.20. The number of hydrogen-bond acceptors (Lipinski definition) is 4. The molecule has 4 nitrogen and oxygen atoms in total. The summed E-state index contributed by atoms with van der Waals surface area (Å²) in [5.74, 6) is 0. The molecule has 19 heavy (non-hydrogen) atoms. The molecule has 96 valence electrons. The molecule has 0 aliphatic heterocycles. The maximum absolute atomic E-state index is 10.6. The van der Waals surface area contributed by atoms with Gasteiger partial charge in [-0.15, -0.1) is 11.8 Å². The van der Waals surface area contributed by atoms with E-state index in [1.807, 2.05) is 30.3 Å². The highest BCUT2D eigenvalue weighted by Crippen LogP contribution is 2.34. The second-order valence-electron chi connectivity index (χ2n) is 3.87. The predicted molar refractivity (Wildman–Crippen MR) is 76.9 cm³/mol. The molecule has 0 saturated carbocycles. The van der Waals surface area contributed by atoms with Gasteiger partial charge in [0.2, 0.25) is 0 Å². The Balaban J connectivity index is 2.15. The van der Waals surface area contributed by atoms with Crippen LogP contribution in [0.25, 0.3) is 0 Å². The van der Waals surface area contributed by atoms with Crippen LogP contribution in [0.1, 0.15) is 10.8 Å². The average molecular weight is 272 g/mol. The fourth-order valence-corrected chi connectivity index (χ4v) is 2.58. The molecular weight excluding hydrogens is 260 g/mol. The minimum Gasteiger partial charge on any atom is -0.312 e. The number of nitro groups is 1. The molecule has 5 heteroatoms. The summed E-state index contributed by atoms with van der Waals surface area (Å²) in [7, 11) is 0. The molecule has 2 aromatic rings. The van der Waals surface area contributed by atoms with E-state index in [9.17, 15) is 10.1 Å². The van der Waals surface area contributed by atoms with Crippen LogP contribution in [0.15, 0.2) is 59.5 Å². The lowest BCUT2D eigenvalue weighted by Crippen LogP contribution is -1.94. The molecule has 0 aliphatic rings. The molecule has 0 fully saturated rings. The number of nitrogens with zero attached hydrogens (tertiary/aromatic N) is 1. The number of nitro benzene ring substituents is 1. The number of benzene rings is 2. The molecule has 1 atom stereocenters. The van der Waals surface area contributed by atoms with Gasteiger partial charge in [-0.1, -0.05) is 30.3 Å². The van der Waals surface area contributed by atoms with Gasteiger partial charge in [0, 0.05) is 23.2 Å². The third-order valence-electron chi connectivity index (χ3n) is 2.59. The van der Waals surface area contributed by atoms with Crippen LogP contribution in [0, 0.1) is 15.5 Å². The second-order valence-corrected chi connectivity index (χ2v) is 5.08. The summed E-state index contributed by atoms with van der Waals surface area (Å²) >= 11 is 1.50. The minimum absolute atomic E-state index is 0.0791. The zero-order valence-electron chi connectivity index (χ0n) is 10.0. The van der Waals surface area contributed by atoms with Crippen LogP contribution in [0.3, 0.4) is 0 Å². The van der Waals surface area contributed by atoms with Gasteiger partial charge in [-0.25, -0.2) is 0 Å². The third kappa shape index (κ3) is 3.42. The Morgan fingerprint density at radius 1 is 1.11 bits per heavy atom. The van der Waals surface area contributed by atoms with Crippen molar-refractivity contribution in [3.8, 4) is 0 Å². The summed E-state index contributed by atoms with van der Waals surface area (Å²) in [6.45, 7) is 0. The standard InChI is InChI=1S/C14H12N2O2S/c15-10-14(11-4-2-1-3-5-11)19-13-8-6-12(7-9-13)16(17)18/h1-10,14-15H. The first-order valence-corrected chi connectivity index (χ1v) is 6.55. The fraction of sp³-hybridized carbons (Fsp3) is 0.0714. The van der Waals surface area contributed by atoms with Crippen molar-refractivity contribution in [2.45, 2.75) is 10.1 Å². The fourth-order valence-electron chi connectivity index (χ4n) is 1.63. The predicted octanol–water partition coefficient (Wildman–Crippen LogP) is 4.08. The molecule has 1 N–H and O–H groups in total. The van der Waals surface area contributed by atoms with Gasteiger partial charge in [0.05, 0.1) is 10.2 Å². The minimum atomic E-state index is -0.417. The SMILES string of the molecule is N=CC(Sc1ccc([N+](=O)[O-])cc1)c1ccccc1. The van der Waals surface area contributed by atoms with Gasteiger partial charge >= 0.3 is 0 Å². The van der Waals surface area contributed by atoms with E-state index < -0.39 is 4.92 Å². The molecule has 0 bridgehead atoms. The van der Waals surface area contributed by atoms with Gasteiger partial charge in [-0.3, -0.25) is 10.1 Å².